The van der Waals surface area contributed by atoms with Gasteiger partial charge in [-0.15, -0.1) is 11.8 Å². The molecule has 6 heteroatoms. The van der Waals surface area contributed by atoms with E-state index in [0.29, 0.717) is 5.92 Å². The molecule has 1 unspecified atom stereocenters. The zero-order valence-corrected chi connectivity index (χ0v) is 16.6. The molecule has 3 rings (SSSR count). The first-order chi connectivity index (χ1) is 13.1. The summed E-state index contributed by atoms with van der Waals surface area (Å²) < 4.78 is 10.3. The minimum atomic E-state index is -0.394. The SMILES string of the molecule is CC(C(=O)OCCOCCO)c1ccc2c(c1)SC[C@@H]1CCCC[C@H]1C2=O. The summed E-state index contributed by atoms with van der Waals surface area (Å²) in [6, 6.07) is 5.77. The average Bonchev–Trinajstić information content (AvgIpc) is 2.84. The normalized spacial score (nSPS) is 23.1. The molecule has 148 valence electrons. The molecule has 1 fully saturated rings. The third-order valence-corrected chi connectivity index (χ3v) is 6.77. The number of rotatable bonds is 7. The van der Waals surface area contributed by atoms with Crippen LogP contribution in [0, 0.1) is 11.8 Å². The van der Waals surface area contributed by atoms with E-state index in [0.717, 1.165) is 41.0 Å². The molecule has 1 heterocycles. The van der Waals surface area contributed by atoms with Gasteiger partial charge in [0.2, 0.25) is 0 Å². The lowest BCUT2D eigenvalue weighted by atomic mass is 9.76. The van der Waals surface area contributed by atoms with Gasteiger partial charge in [-0.3, -0.25) is 9.59 Å². The Morgan fingerprint density at radius 3 is 2.89 bits per heavy atom. The Morgan fingerprint density at radius 2 is 2.07 bits per heavy atom. The van der Waals surface area contributed by atoms with Crippen LogP contribution in [0.2, 0.25) is 0 Å². The maximum atomic E-state index is 13.0. The lowest BCUT2D eigenvalue weighted by Gasteiger charge is -2.28. The summed E-state index contributed by atoms with van der Waals surface area (Å²) in [5.41, 5.74) is 1.69. The Balaban J connectivity index is 1.66. The second-order valence-electron chi connectivity index (χ2n) is 7.31. The number of carbonyl (C=O) groups is 2. The van der Waals surface area contributed by atoms with Crippen molar-refractivity contribution < 1.29 is 24.2 Å². The van der Waals surface area contributed by atoms with Gasteiger partial charge in [0.1, 0.15) is 6.61 Å². The summed E-state index contributed by atoms with van der Waals surface area (Å²) >= 11 is 1.75. The third kappa shape index (κ3) is 4.92. The van der Waals surface area contributed by atoms with Gasteiger partial charge in [-0.05, 0) is 43.4 Å². The van der Waals surface area contributed by atoms with E-state index in [2.05, 4.69) is 0 Å². The van der Waals surface area contributed by atoms with Crippen LogP contribution < -0.4 is 0 Å². The molecular weight excluding hydrogens is 364 g/mol. The van der Waals surface area contributed by atoms with Gasteiger partial charge >= 0.3 is 5.97 Å². The number of benzene rings is 1. The molecule has 5 nitrogen and oxygen atoms in total. The minimum Gasteiger partial charge on any atom is -0.463 e. The average molecular weight is 393 g/mol. The largest absolute Gasteiger partial charge is 0.463 e. The molecule has 0 aromatic heterocycles. The van der Waals surface area contributed by atoms with Gasteiger partial charge in [0.25, 0.3) is 0 Å². The molecule has 1 aliphatic heterocycles. The fraction of sp³-hybridized carbons (Fsp3) is 0.619. The van der Waals surface area contributed by atoms with E-state index in [9.17, 15) is 9.59 Å². The summed E-state index contributed by atoms with van der Waals surface area (Å²) in [4.78, 5) is 26.3. The first-order valence-corrected chi connectivity index (χ1v) is 10.8. The van der Waals surface area contributed by atoms with Gasteiger partial charge in [0, 0.05) is 22.1 Å². The summed E-state index contributed by atoms with van der Waals surface area (Å²) in [6.07, 6.45) is 4.52. The summed E-state index contributed by atoms with van der Waals surface area (Å²) in [5, 5.41) is 8.66. The Hall–Kier alpha value is -1.37. The Bertz CT molecular complexity index is 675. The Kier molecular flexibility index (Phi) is 7.33. The highest BCUT2D eigenvalue weighted by molar-refractivity contribution is 7.99. The summed E-state index contributed by atoms with van der Waals surface area (Å²) in [6.45, 7) is 2.46. The van der Waals surface area contributed by atoms with Gasteiger partial charge in [0.05, 0.1) is 25.7 Å². The molecule has 0 bridgehead atoms. The van der Waals surface area contributed by atoms with E-state index in [1.807, 2.05) is 25.1 Å². The highest BCUT2D eigenvalue weighted by Crippen LogP contribution is 2.42. The number of Topliss-reactive ketones (excluding diaryl/α,β-unsaturated/α-hetero) is 1. The molecule has 1 saturated carbocycles. The molecule has 2 aliphatic rings. The molecule has 27 heavy (non-hydrogen) atoms. The van der Waals surface area contributed by atoms with Crippen LogP contribution >= 0.6 is 11.8 Å². The number of hydrogen-bond donors (Lipinski definition) is 1. The van der Waals surface area contributed by atoms with E-state index in [1.165, 1.54) is 6.42 Å². The zero-order chi connectivity index (χ0) is 19.2. The number of thioether (sulfide) groups is 1. The monoisotopic (exact) mass is 392 g/mol. The number of esters is 1. The maximum absolute atomic E-state index is 13.0. The zero-order valence-electron chi connectivity index (χ0n) is 15.8. The molecular formula is C21H28O5S. The van der Waals surface area contributed by atoms with Crippen molar-refractivity contribution in [2.24, 2.45) is 11.8 Å². The smallest absolute Gasteiger partial charge is 0.313 e. The van der Waals surface area contributed by atoms with Gasteiger partial charge in [-0.1, -0.05) is 18.9 Å². The molecule has 0 saturated heterocycles. The lowest BCUT2D eigenvalue weighted by molar-refractivity contribution is -0.146. The molecule has 3 atom stereocenters. The Morgan fingerprint density at radius 1 is 1.26 bits per heavy atom. The van der Waals surface area contributed by atoms with Crippen LogP contribution in [-0.4, -0.2) is 49.0 Å². The molecule has 0 radical (unpaired) electrons. The van der Waals surface area contributed by atoms with Gasteiger partial charge in [-0.25, -0.2) is 0 Å². The van der Waals surface area contributed by atoms with Gasteiger partial charge in [0.15, 0.2) is 5.78 Å². The van der Waals surface area contributed by atoms with Crippen LogP contribution in [0.5, 0.6) is 0 Å². The van der Waals surface area contributed by atoms with Gasteiger partial charge < -0.3 is 14.6 Å². The number of fused-ring (bicyclic) bond motifs is 2. The van der Waals surface area contributed by atoms with E-state index in [4.69, 9.17) is 14.6 Å². The number of hydrogen-bond acceptors (Lipinski definition) is 6. The van der Waals surface area contributed by atoms with Crippen molar-refractivity contribution in [3.8, 4) is 0 Å². The van der Waals surface area contributed by atoms with Crippen LogP contribution in [0.3, 0.4) is 0 Å². The van der Waals surface area contributed by atoms with Gasteiger partial charge in [-0.2, -0.15) is 0 Å². The third-order valence-electron chi connectivity index (χ3n) is 5.53. The molecule has 0 amide bonds. The molecule has 1 aromatic carbocycles. The van der Waals surface area contributed by atoms with Crippen molar-refractivity contribution in [3.63, 3.8) is 0 Å². The fourth-order valence-electron chi connectivity index (χ4n) is 3.91. The van der Waals surface area contributed by atoms with E-state index >= 15 is 0 Å². The predicted octanol–water partition coefficient (Wildman–Crippen LogP) is 3.44. The van der Waals surface area contributed by atoms with Crippen LogP contribution in [0.1, 0.15) is 54.4 Å². The van der Waals surface area contributed by atoms with Crippen molar-refractivity contribution >= 4 is 23.5 Å². The maximum Gasteiger partial charge on any atom is 0.313 e. The van der Waals surface area contributed by atoms with Crippen molar-refractivity contribution in [2.45, 2.75) is 43.4 Å². The molecule has 1 aliphatic carbocycles. The van der Waals surface area contributed by atoms with Crippen LogP contribution in [0.25, 0.3) is 0 Å². The van der Waals surface area contributed by atoms with Crippen molar-refractivity contribution in [3.05, 3.63) is 29.3 Å². The van der Waals surface area contributed by atoms with Crippen LogP contribution in [-0.2, 0) is 14.3 Å². The number of aliphatic hydroxyl groups excluding tert-OH is 1. The quantitative estimate of drug-likeness (QED) is 0.566. The summed E-state index contributed by atoms with van der Waals surface area (Å²) in [5.74, 6) is 1.21. The highest BCUT2D eigenvalue weighted by atomic mass is 32.2. The second-order valence-corrected chi connectivity index (χ2v) is 8.37. The Labute approximate surface area is 164 Å². The van der Waals surface area contributed by atoms with E-state index < -0.39 is 5.92 Å². The van der Waals surface area contributed by atoms with Crippen molar-refractivity contribution in [1.29, 1.82) is 0 Å². The van der Waals surface area contributed by atoms with Crippen molar-refractivity contribution in [1.82, 2.24) is 0 Å². The lowest BCUT2D eigenvalue weighted by Crippen LogP contribution is -2.27. The second kappa shape index (κ2) is 9.71. The summed E-state index contributed by atoms with van der Waals surface area (Å²) in [7, 11) is 0. The standard InChI is InChI=1S/C21H28O5S/c1-14(21(24)26-11-10-25-9-8-22)15-6-7-18-19(12-15)27-13-16-4-2-3-5-17(16)20(18)23/h6-7,12,14,16-17,22H,2-5,8-11,13H2,1H3/t14?,16-,17+/m0/s1. The molecule has 1 aromatic rings. The van der Waals surface area contributed by atoms with Crippen LogP contribution in [0.15, 0.2) is 23.1 Å². The number of ketones is 1. The van der Waals surface area contributed by atoms with E-state index in [-0.39, 0.29) is 44.1 Å². The number of aliphatic hydroxyl groups is 1. The topological polar surface area (TPSA) is 72.8 Å². The predicted molar refractivity (Wildman–Crippen MR) is 104 cm³/mol. The number of ether oxygens (including phenoxy) is 2. The van der Waals surface area contributed by atoms with Crippen LogP contribution in [0.4, 0.5) is 0 Å². The fourth-order valence-corrected chi connectivity index (χ4v) is 5.25. The van der Waals surface area contributed by atoms with E-state index in [1.54, 1.807) is 11.8 Å². The molecule has 1 N–H and O–H groups in total. The number of carbonyl (C=O) groups excluding carboxylic acids is 2. The molecule has 0 spiro atoms. The van der Waals surface area contributed by atoms with Crippen molar-refractivity contribution in [2.75, 3.05) is 32.2 Å². The minimum absolute atomic E-state index is 0.0441. The highest BCUT2D eigenvalue weighted by Gasteiger charge is 2.35. The first-order valence-electron chi connectivity index (χ1n) is 9.78. The first kappa shape index (κ1) is 20.4.